The summed E-state index contributed by atoms with van der Waals surface area (Å²) >= 11 is 0. The summed E-state index contributed by atoms with van der Waals surface area (Å²) in [6.07, 6.45) is 1.92. The molecule has 0 saturated heterocycles. The standard InChI is InChI=1S/C19H17N5/c1-13(21-11-14-7-3-2-4-8-14)16-12-24-17-10-6-5-9-15(17)23-19(24)18(20)22-16/h2-10,12,21H,1,11H2,(H2,20,22). The average molecular weight is 315 g/mol. The molecule has 2 aromatic carbocycles. The molecule has 2 aromatic heterocycles. The van der Waals surface area contributed by atoms with Crippen LogP contribution in [0.15, 0.2) is 67.4 Å². The quantitative estimate of drug-likeness (QED) is 0.607. The summed E-state index contributed by atoms with van der Waals surface area (Å²) in [5.41, 5.74) is 11.3. The number of benzene rings is 2. The molecule has 0 fully saturated rings. The van der Waals surface area contributed by atoms with Crippen LogP contribution in [0.25, 0.3) is 22.4 Å². The Morgan fingerprint density at radius 1 is 1.04 bits per heavy atom. The topological polar surface area (TPSA) is 68.2 Å². The van der Waals surface area contributed by atoms with Crippen LogP contribution in [0.5, 0.6) is 0 Å². The fourth-order valence-electron chi connectivity index (χ4n) is 2.73. The van der Waals surface area contributed by atoms with Crippen molar-refractivity contribution in [2.24, 2.45) is 0 Å². The Balaban J connectivity index is 1.68. The summed E-state index contributed by atoms with van der Waals surface area (Å²) in [5.74, 6) is 0.395. The lowest BCUT2D eigenvalue weighted by molar-refractivity contribution is 0.883. The lowest BCUT2D eigenvalue weighted by atomic mass is 10.2. The van der Waals surface area contributed by atoms with E-state index in [9.17, 15) is 0 Å². The summed E-state index contributed by atoms with van der Waals surface area (Å²) in [6.45, 7) is 4.77. The largest absolute Gasteiger partial charge is 0.381 e. The molecule has 0 spiro atoms. The summed E-state index contributed by atoms with van der Waals surface area (Å²) in [4.78, 5) is 8.98. The predicted molar refractivity (Wildman–Crippen MR) is 97.2 cm³/mol. The Bertz CT molecular complexity index is 1030. The highest BCUT2D eigenvalue weighted by Crippen LogP contribution is 2.21. The highest BCUT2D eigenvalue weighted by molar-refractivity contribution is 5.84. The molecule has 0 amide bonds. The molecule has 0 atom stereocenters. The number of anilines is 1. The van der Waals surface area contributed by atoms with Gasteiger partial charge >= 0.3 is 0 Å². The molecule has 0 saturated carbocycles. The Morgan fingerprint density at radius 3 is 2.62 bits per heavy atom. The monoisotopic (exact) mass is 315 g/mol. The van der Waals surface area contributed by atoms with Crippen molar-refractivity contribution >= 4 is 28.2 Å². The molecule has 5 nitrogen and oxygen atoms in total. The number of hydrogen-bond donors (Lipinski definition) is 2. The van der Waals surface area contributed by atoms with Crippen LogP contribution in [0.1, 0.15) is 11.3 Å². The minimum atomic E-state index is 0.395. The normalized spacial score (nSPS) is 11.0. The van der Waals surface area contributed by atoms with E-state index in [0.29, 0.717) is 23.7 Å². The van der Waals surface area contributed by atoms with Gasteiger partial charge in [-0.3, -0.25) is 4.40 Å². The maximum Gasteiger partial charge on any atom is 0.180 e. The molecule has 0 aliphatic carbocycles. The smallest absolute Gasteiger partial charge is 0.180 e. The number of para-hydroxylation sites is 2. The lowest BCUT2D eigenvalue weighted by Gasteiger charge is -2.10. The van der Waals surface area contributed by atoms with Crippen molar-refractivity contribution in [3.8, 4) is 0 Å². The third-order valence-electron chi connectivity index (χ3n) is 3.98. The molecule has 0 aliphatic rings. The number of nitrogen functional groups attached to an aromatic ring is 1. The molecule has 24 heavy (non-hydrogen) atoms. The van der Waals surface area contributed by atoms with Crippen LogP contribution in [0.4, 0.5) is 5.82 Å². The number of imidazole rings is 1. The maximum absolute atomic E-state index is 6.10. The first-order valence-corrected chi connectivity index (χ1v) is 7.73. The second kappa shape index (κ2) is 5.70. The highest BCUT2D eigenvalue weighted by Gasteiger charge is 2.11. The zero-order valence-corrected chi connectivity index (χ0v) is 13.1. The van der Waals surface area contributed by atoms with Crippen molar-refractivity contribution in [2.45, 2.75) is 6.54 Å². The van der Waals surface area contributed by atoms with E-state index in [1.54, 1.807) is 0 Å². The van der Waals surface area contributed by atoms with E-state index in [4.69, 9.17) is 5.73 Å². The van der Waals surface area contributed by atoms with Gasteiger partial charge in [-0.25, -0.2) is 9.97 Å². The Labute approximate surface area is 139 Å². The molecule has 3 N–H and O–H groups in total. The van der Waals surface area contributed by atoms with E-state index in [1.807, 2.05) is 53.1 Å². The molecule has 118 valence electrons. The van der Waals surface area contributed by atoms with Crippen LogP contribution >= 0.6 is 0 Å². The number of hydrogen-bond acceptors (Lipinski definition) is 4. The van der Waals surface area contributed by atoms with Crippen molar-refractivity contribution < 1.29 is 0 Å². The van der Waals surface area contributed by atoms with Crippen LogP contribution in [0.3, 0.4) is 0 Å². The third kappa shape index (κ3) is 2.46. The molecule has 0 radical (unpaired) electrons. The van der Waals surface area contributed by atoms with Gasteiger partial charge in [0.2, 0.25) is 0 Å². The minimum Gasteiger partial charge on any atom is -0.381 e. The number of rotatable bonds is 4. The van der Waals surface area contributed by atoms with E-state index in [2.05, 4.69) is 34.0 Å². The van der Waals surface area contributed by atoms with Gasteiger partial charge in [0, 0.05) is 12.7 Å². The van der Waals surface area contributed by atoms with E-state index >= 15 is 0 Å². The number of nitrogens with zero attached hydrogens (tertiary/aromatic N) is 3. The number of aromatic nitrogens is 3. The number of fused-ring (bicyclic) bond motifs is 3. The van der Waals surface area contributed by atoms with E-state index < -0.39 is 0 Å². The van der Waals surface area contributed by atoms with Gasteiger partial charge in [-0.05, 0) is 17.7 Å². The van der Waals surface area contributed by atoms with Crippen molar-refractivity contribution in [2.75, 3.05) is 5.73 Å². The Kier molecular flexibility index (Phi) is 3.39. The van der Waals surface area contributed by atoms with E-state index in [0.717, 1.165) is 16.7 Å². The molecular weight excluding hydrogens is 298 g/mol. The fourth-order valence-corrected chi connectivity index (χ4v) is 2.73. The highest BCUT2D eigenvalue weighted by atomic mass is 15.1. The second-order valence-electron chi connectivity index (χ2n) is 5.62. The second-order valence-corrected chi connectivity index (χ2v) is 5.62. The Morgan fingerprint density at radius 2 is 1.79 bits per heavy atom. The number of nitrogens with one attached hydrogen (secondary N) is 1. The SMILES string of the molecule is C=C(NCc1ccccc1)c1cn2c(nc3ccccc32)c(N)n1. The van der Waals surface area contributed by atoms with Gasteiger partial charge in [0.05, 0.1) is 16.7 Å². The summed E-state index contributed by atoms with van der Waals surface area (Å²) in [7, 11) is 0. The molecule has 2 heterocycles. The first-order valence-electron chi connectivity index (χ1n) is 7.73. The van der Waals surface area contributed by atoms with Gasteiger partial charge in [-0.2, -0.15) is 0 Å². The Hall–Kier alpha value is -3.34. The predicted octanol–water partition coefficient (Wildman–Crippen LogP) is 3.23. The summed E-state index contributed by atoms with van der Waals surface area (Å²) in [5, 5.41) is 3.30. The van der Waals surface area contributed by atoms with Crippen molar-refractivity contribution in [1.82, 2.24) is 19.7 Å². The van der Waals surface area contributed by atoms with Gasteiger partial charge in [0.1, 0.15) is 5.69 Å². The molecule has 0 aliphatic heterocycles. The van der Waals surface area contributed by atoms with Crippen molar-refractivity contribution in [3.05, 3.63) is 78.6 Å². The van der Waals surface area contributed by atoms with E-state index in [1.165, 1.54) is 5.56 Å². The van der Waals surface area contributed by atoms with Crippen LogP contribution in [-0.2, 0) is 6.54 Å². The molecule has 4 rings (SSSR count). The van der Waals surface area contributed by atoms with Crippen molar-refractivity contribution in [3.63, 3.8) is 0 Å². The van der Waals surface area contributed by atoms with Crippen LogP contribution in [0, 0.1) is 0 Å². The summed E-state index contributed by atoms with van der Waals surface area (Å²) in [6, 6.07) is 18.1. The zero-order valence-electron chi connectivity index (χ0n) is 13.1. The zero-order chi connectivity index (χ0) is 16.5. The lowest BCUT2D eigenvalue weighted by Crippen LogP contribution is -2.13. The molecular formula is C19H17N5. The van der Waals surface area contributed by atoms with Gasteiger partial charge in [-0.1, -0.05) is 49.0 Å². The van der Waals surface area contributed by atoms with Gasteiger partial charge in [0.15, 0.2) is 11.5 Å². The van der Waals surface area contributed by atoms with E-state index in [-0.39, 0.29) is 0 Å². The first kappa shape index (κ1) is 14.3. The maximum atomic E-state index is 6.10. The van der Waals surface area contributed by atoms with Crippen molar-refractivity contribution in [1.29, 1.82) is 0 Å². The van der Waals surface area contributed by atoms with Crippen LogP contribution in [0.2, 0.25) is 0 Å². The average Bonchev–Trinajstić information content (AvgIpc) is 3.00. The van der Waals surface area contributed by atoms with Crippen LogP contribution < -0.4 is 11.1 Å². The minimum absolute atomic E-state index is 0.395. The molecule has 0 unspecified atom stereocenters. The third-order valence-corrected chi connectivity index (χ3v) is 3.98. The fraction of sp³-hybridized carbons (Fsp3) is 0.0526. The number of nitrogens with two attached hydrogens (primary N) is 1. The molecule has 5 heteroatoms. The molecule has 4 aromatic rings. The molecule has 0 bridgehead atoms. The summed E-state index contributed by atoms with van der Waals surface area (Å²) < 4.78 is 1.96. The first-order chi connectivity index (χ1) is 11.7. The van der Waals surface area contributed by atoms with Gasteiger partial charge < -0.3 is 11.1 Å². The van der Waals surface area contributed by atoms with Gasteiger partial charge in [0.25, 0.3) is 0 Å². The van der Waals surface area contributed by atoms with Crippen LogP contribution in [-0.4, -0.2) is 14.4 Å². The van der Waals surface area contributed by atoms with Gasteiger partial charge in [-0.15, -0.1) is 0 Å².